The third-order valence-electron chi connectivity index (χ3n) is 3.58. The van der Waals surface area contributed by atoms with E-state index in [0.717, 1.165) is 12.0 Å². The Labute approximate surface area is 193 Å². The van der Waals surface area contributed by atoms with Gasteiger partial charge in [0.05, 0.1) is 25.6 Å². The minimum Gasteiger partial charge on any atom is -0.394 e. The quantitative estimate of drug-likeness (QED) is 0.0588. The first kappa shape index (κ1) is 26.6. The van der Waals surface area contributed by atoms with E-state index in [-0.39, 0.29) is 59.6 Å². The van der Waals surface area contributed by atoms with E-state index in [4.69, 9.17) is 15.1 Å². The van der Waals surface area contributed by atoms with Crippen LogP contribution in [0.3, 0.4) is 0 Å². The van der Waals surface area contributed by atoms with Gasteiger partial charge in [-0.05, 0) is 17.7 Å². The predicted octanol–water partition coefficient (Wildman–Crippen LogP) is 1.70. The molecule has 1 aromatic heterocycles. The van der Waals surface area contributed by atoms with Crippen molar-refractivity contribution in [2.75, 3.05) is 42.8 Å². The van der Waals surface area contributed by atoms with Gasteiger partial charge in [-0.25, -0.2) is 10.2 Å². The van der Waals surface area contributed by atoms with Crippen LogP contribution in [0.4, 0.5) is 23.5 Å². The molecule has 0 aliphatic rings. The average molecular weight is 503 g/mol. The summed E-state index contributed by atoms with van der Waals surface area (Å²) in [7, 11) is -4.49. The van der Waals surface area contributed by atoms with E-state index in [1.807, 2.05) is 0 Å². The number of aliphatic hydroxyl groups excluding tert-OH is 1. The van der Waals surface area contributed by atoms with Gasteiger partial charge in [0, 0.05) is 30.5 Å². The number of hydrogen-bond acceptors (Lipinski definition) is 14. The molecule has 0 aliphatic heterocycles. The molecule has 0 atom stereocenters. The zero-order valence-corrected chi connectivity index (χ0v) is 18.8. The molecule has 180 valence electrons. The second-order valence-electron chi connectivity index (χ2n) is 5.84. The lowest BCUT2D eigenvalue weighted by molar-refractivity contribution is -0.432. The van der Waals surface area contributed by atoms with E-state index in [0.29, 0.717) is 6.54 Å². The number of nitrogens with zero attached hydrogens (tertiary/aromatic N) is 4. The van der Waals surface area contributed by atoms with E-state index in [9.17, 15) is 13.0 Å². The Morgan fingerprint density at radius 3 is 2.70 bits per heavy atom. The van der Waals surface area contributed by atoms with Gasteiger partial charge in [-0.1, -0.05) is 23.8 Å². The smallest absolute Gasteiger partial charge is 0.295 e. The molecular formula is C17H22N6O8S2. The van der Waals surface area contributed by atoms with E-state index >= 15 is 0 Å². The Kier molecular flexibility index (Phi) is 11.1. The van der Waals surface area contributed by atoms with Crippen LogP contribution in [0.1, 0.15) is 5.56 Å². The van der Waals surface area contributed by atoms with Crippen molar-refractivity contribution in [3.63, 3.8) is 0 Å². The number of aliphatic hydroxyl groups is 1. The Morgan fingerprint density at radius 2 is 2.00 bits per heavy atom. The zero-order chi connectivity index (χ0) is 24.1. The van der Waals surface area contributed by atoms with Gasteiger partial charge in [0.1, 0.15) is 4.90 Å². The first-order valence-electron chi connectivity index (χ1n) is 9.19. The number of aliphatic imine (C=N–C) groups is 1. The van der Waals surface area contributed by atoms with Gasteiger partial charge in [-0.15, -0.1) is 4.33 Å². The summed E-state index contributed by atoms with van der Waals surface area (Å²) in [5, 5.41) is 26.1. The normalized spacial score (nSPS) is 11.6. The van der Waals surface area contributed by atoms with Crippen LogP contribution in [0.5, 0.6) is 0 Å². The van der Waals surface area contributed by atoms with Crippen molar-refractivity contribution in [1.29, 1.82) is 0 Å². The molecule has 0 fully saturated rings. The number of rotatable bonds is 15. The standard InChI is InChI=1S/C17H22N6O8S2/c1-2-12-3-4-13(11-14(12)33(26,27)28)20-17-22-15(18-5-8-29-9-7-24)21-16(23-17)19-6-10-32-31-30-25/h2-4,6,11,24-25H,1,5,7-10H2,(H,26,27,28)(H2,18,20,21,22,23)/b19-6-. The number of aromatic nitrogens is 3. The molecule has 33 heavy (non-hydrogen) atoms. The Balaban J connectivity index is 2.25. The summed E-state index contributed by atoms with van der Waals surface area (Å²) in [6.45, 7) is 4.22. The molecule has 14 nitrogen and oxygen atoms in total. The molecule has 0 saturated heterocycles. The Morgan fingerprint density at radius 1 is 1.21 bits per heavy atom. The molecule has 0 bridgehead atoms. The van der Waals surface area contributed by atoms with Crippen LogP contribution >= 0.6 is 12.0 Å². The van der Waals surface area contributed by atoms with Crippen molar-refractivity contribution in [3.05, 3.63) is 30.3 Å². The molecule has 0 aliphatic carbocycles. The highest BCUT2D eigenvalue weighted by Crippen LogP contribution is 2.24. The van der Waals surface area contributed by atoms with Crippen molar-refractivity contribution >= 4 is 58.0 Å². The molecule has 1 heterocycles. The summed E-state index contributed by atoms with van der Waals surface area (Å²) >= 11 is 0.763. The lowest BCUT2D eigenvalue weighted by atomic mass is 10.2. The fourth-order valence-corrected chi connectivity index (χ4v) is 3.25. The summed E-state index contributed by atoms with van der Waals surface area (Å²) in [5.41, 5.74) is 0.497. The Bertz CT molecular complexity index is 1050. The largest absolute Gasteiger partial charge is 0.394 e. The molecule has 1 aromatic carbocycles. The van der Waals surface area contributed by atoms with E-state index in [1.165, 1.54) is 24.4 Å². The molecule has 2 rings (SSSR count). The molecule has 2 aromatic rings. The summed E-state index contributed by atoms with van der Waals surface area (Å²) in [4.78, 5) is 16.2. The van der Waals surface area contributed by atoms with Crippen LogP contribution in [0.25, 0.3) is 6.08 Å². The number of nitrogens with one attached hydrogen (secondary N) is 2. The van der Waals surface area contributed by atoms with Crippen molar-refractivity contribution in [2.45, 2.75) is 4.90 Å². The van der Waals surface area contributed by atoms with E-state index in [1.54, 1.807) is 6.07 Å². The summed E-state index contributed by atoms with van der Waals surface area (Å²) in [6, 6.07) is 4.21. The summed E-state index contributed by atoms with van der Waals surface area (Å²) < 4.78 is 42.2. The van der Waals surface area contributed by atoms with Gasteiger partial charge in [0.25, 0.3) is 16.1 Å². The highest BCUT2D eigenvalue weighted by Gasteiger charge is 2.15. The van der Waals surface area contributed by atoms with E-state index in [2.05, 4.69) is 46.5 Å². The van der Waals surface area contributed by atoms with Gasteiger partial charge in [0.2, 0.25) is 11.9 Å². The molecule has 0 saturated carbocycles. The molecular weight excluding hydrogens is 480 g/mol. The maximum atomic E-state index is 11.7. The average Bonchev–Trinajstić information content (AvgIpc) is 2.78. The third kappa shape index (κ3) is 9.36. The molecule has 0 unspecified atom stereocenters. The highest BCUT2D eigenvalue weighted by atomic mass is 32.2. The second kappa shape index (κ2) is 13.8. The van der Waals surface area contributed by atoms with Gasteiger partial charge >= 0.3 is 0 Å². The minimum atomic E-state index is -4.49. The van der Waals surface area contributed by atoms with Crippen LogP contribution in [-0.2, 0) is 24.2 Å². The number of ether oxygens (including phenoxy) is 1. The first-order valence-corrected chi connectivity index (χ1v) is 11.5. The number of benzene rings is 1. The zero-order valence-electron chi connectivity index (χ0n) is 17.1. The van der Waals surface area contributed by atoms with Crippen molar-refractivity contribution in [2.24, 2.45) is 4.99 Å². The molecule has 16 heteroatoms. The maximum Gasteiger partial charge on any atom is 0.295 e. The van der Waals surface area contributed by atoms with Gasteiger partial charge in [-0.2, -0.15) is 23.4 Å². The molecule has 0 spiro atoms. The third-order valence-corrected chi connectivity index (χ3v) is 4.94. The maximum absolute atomic E-state index is 11.7. The predicted molar refractivity (Wildman–Crippen MR) is 121 cm³/mol. The van der Waals surface area contributed by atoms with Crippen molar-refractivity contribution in [3.8, 4) is 0 Å². The SMILES string of the molecule is C=Cc1ccc(Nc2nc(/N=C\CSOOO)nc(NCCOCCO)n2)cc1S(=O)(=O)O. The van der Waals surface area contributed by atoms with Crippen LogP contribution in [-0.4, -0.2) is 76.6 Å². The number of anilines is 3. The first-order chi connectivity index (χ1) is 15.9. The molecule has 0 amide bonds. The van der Waals surface area contributed by atoms with Crippen molar-refractivity contribution in [1.82, 2.24) is 15.0 Å². The summed E-state index contributed by atoms with van der Waals surface area (Å²) in [6.07, 6.45) is 2.69. The highest BCUT2D eigenvalue weighted by molar-refractivity contribution is 7.95. The van der Waals surface area contributed by atoms with Crippen LogP contribution in [0.15, 0.2) is 34.7 Å². The molecule has 5 N–H and O–H groups in total. The van der Waals surface area contributed by atoms with Gasteiger partial charge < -0.3 is 20.5 Å². The minimum absolute atomic E-state index is 0.00880. The fourth-order valence-electron chi connectivity index (χ4n) is 2.29. The van der Waals surface area contributed by atoms with Crippen LogP contribution in [0, 0.1) is 0 Å². The van der Waals surface area contributed by atoms with Gasteiger partial charge in [0.15, 0.2) is 0 Å². The topological polar surface area (TPSA) is 198 Å². The van der Waals surface area contributed by atoms with Crippen molar-refractivity contribution < 1.29 is 37.4 Å². The lowest BCUT2D eigenvalue weighted by Crippen LogP contribution is -2.14. The molecule has 0 radical (unpaired) electrons. The Hall–Kier alpha value is -2.70. The van der Waals surface area contributed by atoms with Crippen LogP contribution < -0.4 is 10.6 Å². The monoisotopic (exact) mass is 502 g/mol. The number of hydrogen-bond donors (Lipinski definition) is 5. The second-order valence-corrected chi connectivity index (χ2v) is 7.94. The summed E-state index contributed by atoms with van der Waals surface area (Å²) in [5.74, 6) is 0.390. The van der Waals surface area contributed by atoms with Gasteiger partial charge in [-0.3, -0.25) is 4.55 Å². The van der Waals surface area contributed by atoms with E-state index < -0.39 is 10.1 Å². The van der Waals surface area contributed by atoms with Crippen LogP contribution in [0.2, 0.25) is 0 Å². The lowest BCUT2D eigenvalue weighted by Gasteiger charge is -2.11. The fraction of sp³-hybridized carbons (Fsp3) is 0.294.